The second-order valence-corrected chi connectivity index (χ2v) is 6.81. The maximum Gasteiger partial charge on any atom is 0.199 e. The lowest BCUT2D eigenvalue weighted by Crippen LogP contribution is -2.19. The van der Waals surface area contributed by atoms with Crippen LogP contribution in [0.4, 0.5) is 0 Å². The summed E-state index contributed by atoms with van der Waals surface area (Å²) in [6.07, 6.45) is 1.09. The smallest absolute Gasteiger partial charge is 0.199 e. The molecule has 0 N–H and O–H groups in total. The number of benzene rings is 2. The highest BCUT2D eigenvalue weighted by Crippen LogP contribution is 2.30. The van der Waals surface area contributed by atoms with Gasteiger partial charge in [0.05, 0.1) is 0 Å². The van der Waals surface area contributed by atoms with E-state index in [0.29, 0.717) is 5.92 Å². The number of fused-ring (bicyclic) bond motifs is 1. The molecule has 0 spiro atoms. The molecule has 0 amide bonds. The third-order valence-electron chi connectivity index (χ3n) is 4.48. The predicted molar refractivity (Wildman–Crippen MR) is 92.8 cm³/mol. The van der Waals surface area contributed by atoms with Crippen molar-refractivity contribution in [2.75, 3.05) is 13.1 Å². The zero-order valence-corrected chi connectivity index (χ0v) is 13.9. The van der Waals surface area contributed by atoms with Gasteiger partial charge in [-0.1, -0.05) is 29.8 Å². The van der Waals surface area contributed by atoms with Crippen molar-refractivity contribution in [1.29, 1.82) is 0 Å². The molecule has 1 aliphatic heterocycles. The summed E-state index contributed by atoms with van der Waals surface area (Å²) in [6, 6.07) is 14.3. The molecule has 118 valence electrons. The number of aryl methyl sites for hydroxylation is 1. The maximum atomic E-state index is 6.07. The Balaban J connectivity index is 1.48. The SMILES string of the molecule is Cc1ccc2oc(C3CCN(Cc4cccc(Cl)c4)C3)nc2c1. The highest BCUT2D eigenvalue weighted by molar-refractivity contribution is 6.30. The fourth-order valence-corrected chi connectivity index (χ4v) is 3.51. The Morgan fingerprint density at radius 2 is 2.17 bits per heavy atom. The molecule has 4 heteroatoms. The molecule has 1 aromatic heterocycles. The highest BCUT2D eigenvalue weighted by atomic mass is 35.5. The Kier molecular flexibility index (Phi) is 3.83. The number of nitrogens with zero attached hydrogens (tertiary/aromatic N) is 2. The third kappa shape index (κ3) is 3.12. The first-order valence-electron chi connectivity index (χ1n) is 8.01. The largest absolute Gasteiger partial charge is 0.440 e. The van der Waals surface area contributed by atoms with E-state index in [1.54, 1.807) is 0 Å². The Hall–Kier alpha value is -1.84. The standard InChI is InChI=1S/C19H19ClN2O/c1-13-5-6-18-17(9-13)21-19(23-18)15-7-8-22(12-15)11-14-3-2-4-16(20)10-14/h2-6,9-10,15H,7-8,11-12H2,1H3. The molecule has 4 rings (SSSR count). The van der Waals surface area contributed by atoms with Crippen molar-refractivity contribution in [3.8, 4) is 0 Å². The van der Waals surface area contributed by atoms with Crippen LogP contribution in [0.15, 0.2) is 46.9 Å². The van der Waals surface area contributed by atoms with E-state index in [-0.39, 0.29) is 0 Å². The molecule has 1 unspecified atom stereocenters. The van der Waals surface area contributed by atoms with E-state index >= 15 is 0 Å². The van der Waals surface area contributed by atoms with E-state index in [0.717, 1.165) is 48.1 Å². The van der Waals surface area contributed by atoms with Crippen molar-refractivity contribution in [2.24, 2.45) is 0 Å². The van der Waals surface area contributed by atoms with E-state index in [2.05, 4.69) is 30.0 Å². The molecule has 1 aliphatic rings. The predicted octanol–water partition coefficient (Wildman–Crippen LogP) is 4.78. The maximum absolute atomic E-state index is 6.07. The number of likely N-dealkylation sites (tertiary alicyclic amines) is 1. The minimum absolute atomic E-state index is 0.377. The number of aromatic nitrogens is 1. The van der Waals surface area contributed by atoms with E-state index < -0.39 is 0 Å². The first kappa shape index (κ1) is 14.7. The Bertz CT molecular complexity index is 842. The van der Waals surface area contributed by atoms with Crippen LogP contribution in [0.3, 0.4) is 0 Å². The second-order valence-electron chi connectivity index (χ2n) is 6.37. The first-order chi connectivity index (χ1) is 11.2. The summed E-state index contributed by atoms with van der Waals surface area (Å²) in [4.78, 5) is 7.14. The van der Waals surface area contributed by atoms with Gasteiger partial charge in [-0.15, -0.1) is 0 Å². The summed E-state index contributed by atoms with van der Waals surface area (Å²) in [7, 11) is 0. The van der Waals surface area contributed by atoms with E-state index in [9.17, 15) is 0 Å². The average molecular weight is 327 g/mol. The average Bonchev–Trinajstić information content (AvgIpc) is 3.13. The lowest BCUT2D eigenvalue weighted by atomic mass is 10.1. The Morgan fingerprint density at radius 3 is 3.04 bits per heavy atom. The summed E-state index contributed by atoms with van der Waals surface area (Å²) in [5.41, 5.74) is 4.32. The second kappa shape index (κ2) is 5.99. The monoisotopic (exact) mass is 326 g/mol. The van der Waals surface area contributed by atoms with Gasteiger partial charge in [0.2, 0.25) is 0 Å². The number of hydrogen-bond donors (Lipinski definition) is 0. The number of rotatable bonds is 3. The molecule has 2 aromatic carbocycles. The fraction of sp³-hybridized carbons (Fsp3) is 0.316. The molecular weight excluding hydrogens is 308 g/mol. The minimum atomic E-state index is 0.377. The van der Waals surface area contributed by atoms with Crippen molar-refractivity contribution >= 4 is 22.7 Å². The van der Waals surface area contributed by atoms with Gasteiger partial charge >= 0.3 is 0 Å². The molecular formula is C19H19ClN2O. The third-order valence-corrected chi connectivity index (χ3v) is 4.71. The molecule has 1 fully saturated rings. The molecule has 0 radical (unpaired) electrons. The lowest BCUT2D eigenvalue weighted by molar-refractivity contribution is 0.321. The van der Waals surface area contributed by atoms with Crippen molar-refractivity contribution in [1.82, 2.24) is 9.88 Å². The van der Waals surface area contributed by atoms with Crippen LogP contribution in [-0.2, 0) is 6.54 Å². The van der Waals surface area contributed by atoms with Gasteiger partial charge in [0.25, 0.3) is 0 Å². The van der Waals surface area contributed by atoms with Crippen LogP contribution < -0.4 is 0 Å². The van der Waals surface area contributed by atoms with Gasteiger partial charge in [-0.2, -0.15) is 0 Å². The summed E-state index contributed by atoms with van der Waals surface area (Å²) in [6.45, 7) is 5.06. The van der Waals surface area contributed by atoms with E-state index in [4.69, 9.17) is 21.0 Å². The molecule has 1 atom stereocenters. The molecule has 2 heterocycles. The minimum Gasteiger partial charge on any atom is -0.440 e. The van der Waals surface area contributed by atoms with Crippen molar-refractivity contribution in [2.45, 2.75) is 25.8 Å². The quantitative estimate of drug-likeness (QED) is 0.693. The highest BCUT2D eigenvalue weighted by Gasteiger charge is 2.27. The van der Waals surface area contributed by atoms with Crippen LogP contribution in [-0.4, -0.2) is 23.0 Å². The summed E-state index contributed by atoms with van der Waals surface area (Å²) in [5.74, 6) is 1.25. The van der Waals surface area contributed by atoms with Gasteiger partial charge in [0, 0.05) is 24.0 Å². The summed E-state index contributed by atoms with van der Waals surface area (Å²) >= 11 is 6.07. The number of hydrogen-bond acceptors (Lipinski definition) is 3. The molecule has 0 saturated carbocycles. The Labute approximate surface area is 140 Å². The summed E-state index contributed by atoms with van der Waals surface area (Å²) < 4.78 is 5.97. The van der Waals surface area contributed by atoms with Gasteiger partial charge in [-0.3, -0.25) is 4.90 Å². The fourth-order valence-electron chi connectivity index (χ4n) is 3.30. The van der Waals surface area contributed by atoms with Gasteiger partial charge in [0.1, 0.15) is 5.52 Å². The molecule has 0 bridgehead atoms. The van der Waals surface area contributed by atoms with E-state index in [1.807, 2.05) is 24.3 Å². The van der Waals surface area contributed by atoms with Gasteiger partial charge < -0.3 is 4.42 Å². The van der Waals surface area contributed by atoms with Gasteiger partial charge in [-0.05, 0) is 55.3 Å². The van der Waals surface area contributed by atoms with Gasteiger partial charge in [0.15, 0.2) is 11.5 Å². The molecule has 1 saturated heterocycles. The summed E-state index contributed by atoms with van der Waals surface area (Å²) in [5, 5.41) is 0.799. The molecule has 3 aromatic rings. The van der Waals surface area contributed by atoms with Crippen molar-refractivity contribution in [3.63, 3.8) is 0 Å². The number of halogens is 1. The van der Waals surface area contributed by atoms with Crippen molar-refractivity contribution < 1.29 is 4.42 Å². The zero-order chi connectivity index (χ0) is 15.8. The van der Waals surface area contributed by atoms with Gasteiger partial charge in [-0.25, -0.2) is 4.98 Å². The molecule has 0 aliphatic carbocycles. The van der Waals surface area contributed by atoms with Crippen LogP contribution in [0.25, 0.3) is 11.1 Å². The van der Waals surface area contributed by atoms with Crippen LogP contribution in [0, 0.1) is 6.92 Å². The lowest BCUT2D eigenvalue weighted by Gasteiger charge is -2.15. The molecule has 23 heavy (non-hydrogen) atoms. The van der Waals surface area contributed by atoms with Crippen LogP contribution >= 0.6 is 11.6 Å². The Morgan fingerprint density at radius 1 is 1.26 bits per heavy atom. The topological polar surface area (TPSA) is 29.3 Å². The van der Waals surface area contributed by atoms with Crippen LogP contribution in [0.2, 0.25) is 5.02 Å². The van der Waals surface area contributed by atoms with Crippen LogP contribution in [0.5, 0.6) is 0 Å². The molecule has 3 nitrogen and oxygen atoms in total. The van der Waals surface area contributed by atoms with Crippen molar-refractivity contribution in [3.05, 3.63) is 64.5 Å². The van der Waals surface area contributed by atoms with Crippen LogP contribution in [0.1, 0.15) is 29.4 Å². The first-order valence-corrected chi connectivity index (χ1v) is 8.39. The van der Waals surface area contributed by atoms with E-state index in [1.165, 1.54) is 11.1 Å². The number of oxazole rings is 1. The zero-order valence-electron chi connectivity index (χ0n) is 13.1. The normalized spacial score (nSPS) is 18.8.